The van der Waals surface area contributed by atoms with Crippen molar-refractivity contribution in [1.82, 2.24) is 5.32 Å². The highest BCUT2D eigenvalue weighted by atomic mass is 15.0. The standard InChI is InChI=1S/C20H19N/c1-2-7-16(8-3-1)20-19(12-13-21-20)18-11-10-15-6-4-5-9-17(15)14-18/h1-11,14,19-21H,12-13H2. The number of hydrogen-bond donors (Lipinski definition) is 1. The summed E-state index contributed by atoms with van der Waals surface area (Å²) in [7, 11) is 0. The molecule has 1 saturated heterocycles. The van der Waals surface area contributed by atoms with E-state index in [1.54, 1.807) is 0 Å². The minimum atomic E-state index is 0.437. The van der Waals surface area contributed by atoms with Crippen molar-refractivity contribution < 1.29 is 0 Å². The van der Waals surface area contributed by atoms with Crippen LogP contribution in [0.4, 0.5) is 0 Å². The molecule has 1 aliphatic heterocycles. The second-order valence-electron chi connectivity index (χ2n) is 5.84. The summed E-state index contributed by atoms with van der Waals surface area (Å²) >= 11 is 0. The molecule has 1 nitrogen and oxygen atoms in total. The van der Waals surface area contributed by atoms with Crippen LogP contribution in [-0.2, 0) is 0 Å². The van der Waals surface area contributed by atoms with Crippen molar-refractivity contribution in [3.05, 3.63) is 83.9 Å². The molecule has 0 aromatic heterocycles. The van der Waals surface area contributed by atoms with Crippen LogP contribution in [0.3, 0.4) is 0 Å². The van der Waals surface area contributed by atoms with E-state index in [1.165, 1.54) is 28.3 Å². The van der Waals surface area contributed by atoms with E-state index in [9.17, 15) is 0 Å². The van der Waals surface area contributed by atoms with Gasteiger partial charge < -0.3 is 5.32 Å². The molecule has 1 fully saturated rings. The van der Waals surface area contributed by atoms with Crippen LogP contribution in [0.15, 0.2) is 72.8 Å². The molecule has 2 atom stereocenters. The molecule has 1 aliphatic rings. The van der Waals surface area contributed by atoms with E-state index in [0.717, 1.165) is 6.54 Å². The third-order valence-corrected chi connectivity index (χ3v) is 4.58. The van der Waals surface area contributed by atoms with Gasteiger partial charge in [-0.25, -0.2) is 0 Å². The monoisotopic (exact) mass is 273 g/mol. The summed E-state index contributed by atoms with van der Waals surface area (Å²) in [5, 5.41) is 6.33. The minimum Gasteiger partial charge on any atom is -0.309 e. The zero-order valence-corrected chi connectivity index (χ0v) is 12.0. The number of benzene rings is 3. The van der Waals surface area contributed by atoms with Gasteiger partial charge in [-0.3, -0.25) is 0 Å². The van der Waals surface area contributed by atoms with E-state index in [4.69, 9.17) is 0 Å². The smallest absolute Gasteiger partial charge is 0.0390 e. The maximum atomic E-state index is 3.67. The first-order valence-electron chi connectivity index (χ1n) is 7.69. The quantitative estimate of drug-likeness (QED) is 0.716. The summed E-state index contributed by atoms with van der Waals surface area (Å²) in [5.74, 6) is 0.567. The molecule has 4 rings (SSSR count). The molecule has 3 aromatic rings. The Hall–Kier alpha value is -2.12. The van der Waals surface area contributed by atoms with Crippen molar-refractivity contribution in [1.29, 1.82) is 0 Å². The van der Waals surface area contributed by atoms with Gasteiger partial charge in [0, 0.05) is 12.0 Å². The Labute approximate surface area is 125 Å². The van der Waals surface area contributed by atoms with Gasteiger partial charge in [-0.05, 0) is 34.9 Å². The van der Waals surface area contributed by atoms with E-state index in [-0.39, 0.29) is 0 Å². The maximum absolute atomic E-state index is 3.67. The van der Waals surface area contributed by atoms with Crippen LogP contribution >= 0.6 is 0 Å². The third-order valence-electron chi connectivity index (χ3n) is 4.58. The number of hydrogen-bond acceptors (Lipinski definition) is 1. The Morgan fingerprint density at radius 3 is 2.33 bits per heavy atom. The molecule has 0 amide bonds. The van der Waals surface area contributed by atoms with Gasteiger partial charge in [-0.1, -0.05) is 72.8 Å². The lowest BCUT2D eigenvalue weighted by molar-refractivity contribution is 0.578. The van der Waals surface area contributed by atoms with Crippen LogP contribution in [-0.4, -0.2) is 6.54 Å². The predicted octanol–water partition coefficient (Wildman–Crippen LogP) is 4.66. The average molecular weight is 273 g/mol. The first-order valence-corrected chi connectivity index (χ1v) is 7.69. The fourth-order valence-corrected chi connectivity index (χ4v) is 3.51. The van der Waals surface area contributed by atoms with Crippen molar-refractivity contribution in [2.75, 3.05) is 6.54 Å². The Kier molecular flexibility index (Phi) is 3.21. The van der Waals surface area contributed by atoms with Crippen LogP contribution in [0.25, 0.3) is 10.8 Å². The second-order valence-corrected chi connectivity index (χ2v) is 5.84. The molecule has 0 radical (unpaired) electrons. The first-order chi connectivity index (χ1) is 10.4. The van der Waals surface area contributed by atoms with Gasteiger partial charge in [0.1, 0.15) is 0 Å². The number of nitrogens with one attached hydrogen (secondary N) is 1. The largest absolute Gasteiger partial charge is 0.309 e. The van der Waals surface area contributed by atoms with Crippen molar-refractivity contribution in [2.45, 2.75) is 18.4 Å². The molecule has 104 valence electrons. The van der Waals surface area contributed by atoms with Crippen molar-refractivity contribution in [3.63, 3.8) is 0 Å². The van der Waals surface area contributed by atoms with Gasteiger partial charge in [-0.15, -0.1) is 0 Å². The molecule has 3 aromatic carbocycles. The molecule has 0 bridgehead atoms. The van der Waals surface area contributed by atoms with Crippen molar-refractivity contribution in [3.8, 4) is 0 Å². The maximum Gasteiger partial charge on any atom is 0.0390 e. The molecule has 1 N–H and O–H groups in total. The lowest BCUT2D eigenvalue weighted by Gasteiger charge is -2.21. The van der Waals surface area contributed by atoms with Crippen molar-refractivity contribution in [2.24, 2.45) is 0 Å². The van der Waals surface area contributed by atoms with Gasteiger partial charge in [0.25, 0.3) is 0 Å². The number of rotatable bonds is 2. The van der Waals surface area contributed by atoms with Crippen LogP contribution in [0.1, 0.15) is 29.5 Å². The van der Waals surface area contributed by atoms with E-state index in [0.29, 0.717) is 12.0 Å². The molecule has 0 spiro atoms. The SMILES string of the molecule is c1ccc(C2NCCC2c2ccc3ccccc3c2)cc1. The summed E-state index contributed by atoms with van der Waals surface area (Å²) in [5.41, 5.74) is 2.85. The van der Waals surface area contributed by atoms with Gasteiger partial charge in [0.05, 0.1) is 0 Å². The highest BCUT2D eigenvalue weighted by molar-refractivity contribution is 5.83. The van der Waals surface area contributed by atoms with Crippen LogP contribution in [0.2, 0.25) is 0 Å². The normalized spacial score (nSPS) is 21.7. The zero-order chi connectivity index (χ0) is 14.1. The van der Waals surface area contributed by atoms with Gasteiger partial charge in [0.2, 0.25) is 0 Å². The fraction of sp³-hybridized carbons (Fsp3) is 0.200. The molecular weight excluding hydrogens is 254 g/mol. The topological polar surface area (TPSA) is 12.0 Å². The summed E-state index contributed by atoms with van der Waals surface area (Å²) in [4.78, 5) is 0. The Bertz CT molecular complexity index is 748. The summed E-state index contributed by atoms with van der Waals surface area (Å²) in [6, 6.07) is 26.8. The van der Waals surface area contributed by atoms with E-state index in [2.05, 4.69) is 78.1 Å². The number of fused-ring (bicyclic) bond motifs is 1. The van der Waals surface area contributed by atoms with Crippen LogP contribution in [0, 0.1) is 0 Å². The second kappa shape index (κ2) is 5.34. The highest BCUT2D eigenvalue weighted by Gasteiger charge is 2.29. The average Bonchev–Trinajstić information content (AvgIpc) is 3.05. The Morgan fingerprint density at radius 2 is 1.48 bits per heavy atom. The third kappa shape index (κ3) is 2.34. The molecular formula is C20H19N. The molecule has 21 heavy (non-hydrogen) atoms. The van der Waals surface area contributed by atoms with E-state index < -0.39 is 0 Å². The molecule has 1 heteroatoms. The predicted molar refractivity (Wildman–Crippen MR) is 88.5 cm³/mol. The van der Waals surface area contributed by atoms with E-state index >= 15 is 0 Å². The summed E-state index contributed by atoms with van der Waals surface area (Å²) < 4.78 is 0. The zero-order valence-electron chi connectivity index (χ0n) is 12.0. The van der Waals surface area contributed by atoms with Gasteiger partial charge in [-0.2, -0.15) is 0 Å². The van der Waals surface area contributed by atoms with E-state index in [1.807, 2.05) is 0 Å². The minimum absolute atomic E-state index is 0.437. The molecule has 0 saturated carbocycles. The molecule has 0 aliphatic carbocycles. The first kappa shape index (κ1) is 12.6. The fourth-order valence-electron chi connectivity index (χ4n) is 3.51. The summed E-state index contributed by atoms with van der Waals surface area (Å²) in [6.07, 6.45) is 1.21. The van der Waals surface area contributed by atoms with Crippen LogP contribution in [0.5, 0.6) is 0 Å². The molecule has 2 unspecified atom stereocenters. The van der Waals surface area contributed by atoms with Gasteiger partial charge >= 0.3 is 0 Å². The van der Waals surface area contributed by atoms with Crippen molar-refractivity contribution >= 4 is 10.8 Å². The lowest BCUT2D eigenvalue weighted by Crippen LogP contribution is -2.16. The van der Waals surface area contributed by atoms with Crippen LogP contribution < -0.4 is 5.32 Å². The highest BCUT2D eigenvalue weighted by Crippen LogP contribution is 2.38. The molecule has 1 heterocycles. The Morgan fingerprint density at radius 1 is 0.714 bits per heavy atom. The van der Waals surface area contributed by atoms with Gasteiger partial charge in [0.15, 0.2) is 0 Å². The lowest BCUT2D eigenvalue weighted by atomic mass is 9.87. The Balaban J connectivity index is 1.73. The summed E-state index contributed by atoms with van der Waals surface area (Å²) in [6.45, 7) is 1.09.